The van der Waals surface area contributed by atoms with Gasteiger partial charge < -0.3 is 5.11 Å². The first-order chi connectivity index (χ1) is 11.0. The summed E-state index contributed by atoms with van der Waals surface area (Å²) >= 11 is 0. The van der Waals surface area contributed by atoms with Crippen LogP contribution in [0.4, 0.5) is 0 Å². The van der Waals surface area contributed by atoms with Gasteiger partial charge in [0.1, 0.15) is 0 Å². The number of rotatable bonds is 1. The minimum atomic E-state index is -0.804. The molecule has 0 bridgehead atoms. The number of ketones is 1. The first-order valence-electron chi connectivity index (χ1n) is 9.03. The minimum Gasteiger partial charge on any atom is -0.388 e. The molecule has 0 unspecified atom stereocenters. The molecule has 23 heavy (non-hydrogen) atoms. The van der Waals surface area contributed by atoms with Crippen LogP contribution in [-0.4, -0.2) is 16.5 Å². The predicted molar refractivity (Wildman–Crippen MR) is 88.4 cm³/mol. The number of nitrogens with zero attached hydrogens (tertiary/aromatic N) is 1. The molecule has 3 heteroatoms. The Hall–Kier alpha value is -1.40. The lowest BCUT2D eigenvalue weighted by Crippen LogP contribution is -2.49. The van der Waals surface area contributed by atoms with Crippen molar-refractivity contribution >= 4 is 5.78 Å². The Morgan fingerprint density at radius 2 is 2.13 bits per heavy atom. The molecule has 0 aliphatic heterocycles. The zero-order chi connectivity index (χ0) is 16.2. The van der Waals surface area contributed by atoms with Crippen molar-refractivity contribution in [2.45, 2.75) is 70.3 Å². The number of fused-ring (bicyclic) bond motifs is 4. The summed E-state index contributed by atoms with van der Waals surface area (Å²) in [6.07, 6.45) is 9.67. The summed E-state index contributed by atoms with van der Waals surface area (Å²) in [6, 6.07) is 2.22. The monoisotopic (exact) mass is 312 g/mol. The molecule has 2 fully saturated rings. The lowest BCUT2D eigenvalue weighted by Gasteiger charge is -2.51. The third-order valence-electron chi connectivity index (χ3n) is 7.43. The summed E-state index contributed by atoms with van der Waals surface area (Å²) in [7, 11) is 0. The number of carbonyl (C=O) groups is 1. The average molecular weight is 312 g/mol. The number of hydrogen-bond donors (Lipinski definition) is 1. The van der Waals surface area contributed by atoms with Gasteiger partial charge in [-0.15, -0.1) is 0 Å². The van der Waals surface area contributed by atoms with Crippen molar-refractivity contribution in [1.82, 2.24) is 0 Å². The van der Waals surface area contributed by atoms with Crippen molar-refractivity contribution in [2.75, 3.05) is 0 Å². The summed E-state index contributed by atoms with van der Waals surface area (Å²) in [6.45, 7) is 2.22. The molecule has 3 nitrogen and oxygen atoms in total. The van der Waals surface area contributed by atoms with Gasteiger partial charge in [-0.1, -0.05) is 12.5 Å². The zero-order valence-corrected chi connectivity index (χ0v) is 13.9. The molecule has 0 spiro atoms. The highest BCUT2D eigenvalue weighted by Gasteiger charge is 2.60. The number of carbonyl (C=O) groups excluding carboxylic acids is 1. The van der Waals surface area contributed by atoms with Crippen molar-refractivity contribution in [3.8, 4) is 6.07 Å². The maximum Gasteiger partial charge on any atom is 1.00 e. The summed E-state index contributed by atoms with van der Waals surface area (Å²) < 4.78 is 0. The van der Waals surface area contributed by atoms with Crippen molar-refractivity contribution in [3.63, 3.8) is 0 Å². The van der Waals surface area contributed by atoms with Gasteiger partial charge >= 0.3 is 1.43 Å². The number of hydrogen-bond acceptors (Lipinski definition) is 3. The molecule has 0 heterocycles. The fourth-order valence-electron chi connectivity index (χ4n) is 6.06. The molecule has 4 rings (SSSR count). The molecule has 4 aliphatic rings. The van der Waals surface area contributed by atoms with Crippen LogP contribution in [0.3, 0.4) is 0 Å². The molecular formula is C20H26NO2+. The minimum absolute atomic E-state index is 0. The van der Waals surface area contributed by atoms with Gasteiger partial charge in [-0.2, -0.15) is 5.26 Å². The van der Waals surface area contributed by atoms with Crippen LogP contribution in [0.15, 0.2) is 22.8 Å². The van der Waals surface area contributed by atoms with Crippen LogP contribution in [0, 0.1) is 28.6 Å². The Bertz CT molecular complexity index is 674. The zero-order valence-electron chi connectivity index (χ0n) is 14.9. The molecule has 0 radical (unpaired) electrons. The van der Waals surface area contributed by atoms with E-state index in [1.54, 1.807) is 5.57 Å². The second-order valence-corrected chi connectivity index (χ2v) is 8.21. The first kappa shape index (κ1) is 15.1. The highest BCUT2D eigenvalue weighted by atomic mass is 16.3. The maximum absolute atomic E-state index is 11.7. The van der Waals surface area contributed by atoms with E-state index in [2.05, 4.69) is 13.0 Å². The smallest absolute Gasteiger partial charge is 0.388 e. The molecule has 0 saturated heterocycles. The average Bonchev–Trinajstić information content (AvgIpc) is 2.79. The Morgan fingerprint density at radius 3 is 2.91 bits per heavy atom. The molecule has 0 amide bonds. The molecular weight excluding hydrogens is 286 g/mol. The van der Waals surface area contributed by atoms with Gasteiger partial charge in [0.2, 0.25) is 0 Å². The van der Waals surface area contributed by atoms with Crippen LogP contribution in [0.1, 0.15) is 66.1 Å². The molecule has 4 aliphatic carbocycles. The van der Waals surface area contributed by atoms with Gasteiger partial charge in [0.25, 0.3) is 0 Å². The number of allylic oxidation sites excluding steroid dienone is 4. The summed E-state index contributed by atoms with van der Waals surface area (Å²) in [4.78, 5) is 11.7. The van der Waals surface area contributed by atoms with Crippen LogP contribution < -0.4 is 0 Å². The molecule has 0 aromatic heterocycles. The van der Waals surface area contributed by atoms with Crippen LogP contribution in [0.25, 0.3) is 0 Å². The van der Waals surface area contributed by atoms with E-state index in [0.717, 1.165) is 44.9 Å². The Kier molecular flexibility index (Phi) is 3.32. The standard InChI is InChI=1S/C20H25NO2/c1-19-8-6-16-15-5-3-14(22)12-13(15)2-4-17(16)18(19)7-9-20(19,23)10-11-21/h12,17-18,23H,2-10H2,1H3/p+1/t17-,18+,19+,20-/m1/s1. The van der Waals surface area contributed by atoms with Crippen molar-refractivity contribution in [2.24, 2.45) is 17.3 Å². The van der Waals surface area contributed by atoms with Crippen LogP contribution in [0.2, 0.25) is 0 Å². The molecule has 1 N–H and O–H groups in total. The lowest BCUT2D eigenvalue weighted by atomic mass is 9.54. The van der Waals surface area contributed by atoms with Gasteiger partial charge in [-0.3, -0.25) is 4.79 Å². The van der Waals surface area contributed by atoms with Gasteiger partial charge in [-0.05, 0) is 74.0 Å². The van der Waals surface area contributed by atoms with Gasteiger partial charge in [-0.25, -0.2) is 0 Å². The number of nitriles is 1. The topological polar surface area (TPSA) is 61.1 Å². The molecule has 4 atom stereocenters. The van der Waals surface area contributed by atoms with E-state index >= 15 is 0 Å². The molecule has 2 saturated carbocycles. The normalized spacial score (nSPS) is 42.5. The van der Waals surface area contributed by atoms with E-state index in [-0.39, 0.29) is 19.0 Å². The van der Waals surface area contributed by atoms with E-state index in [1.807, 2.05) is 6.08 Å². The van der Waals surface area contributed by atoms with E-state index in [1.165, 1.54) is 11.1 Å². The SMILES string of the molecule is C[C@]12CCC3=C4CCC(=O)C=C4CC[C@H]3[C@@H]1CC[C@@]2(O)CC#N.[H+]. The highest BCUT2D eigenvalue weighted by Crippen LogP contribution is 2.64. The van der Waals surface area contributed by atoms with E-state index in [0.29, 0.717) is 18.3 Å². The van der Waals surface area contributed by atoms with Crippen molar-refractivity contribution in [3.05, 3.63) is 22.8 Å². The van der Waals surface area contributed by atoms with Crippen LogP contribution >= 0.6 is 0 Å². The summed E-state index contributed by atoms with van der Waals surface area (Å²) in [5.41, 5.74) is 3.42. The summed E-state index contributed by atoms with van der Waals surface area (Å²) in [5.74, 6) is 1.34. The Labute approximate surface area is 139 Å². The van der Waals surface area contributed by atoms with E-state index in [4.69, 9.17) is 5.26 Å². The number of aliphatic hydroxyl groups is 1. The van der Waals surface area contributed by atoms with Gasteiger partial charge in [0.15, 0.2) is 5.78 Å². The lowest BCUT2D eigenvalue weighted by molar-refractivity contribution is -0.114. The predicted octanol–water partition coefficient (Wildman–Crippen LogP) is 3.95. The van der Waals surface area contributed by atoms with Crippen LogP contribution in [-0.2, 0) is 4.79 Å². The van der Waals surface area contributed by atoms with Gasteiger partial charge in [0, 0.05) is 11.8 Å². The fourth-order valence-corrected chi connectivity index (χ4v) is 6.06. The maximum atomic E-state index is 11.7. The second kappa shape index (κ2) is 5.05. The Morgan fingerprint density at radius 1 is 1.30 bits per heavy atom. The fraction of sp³-hybridized carbons (Fsp3) is 0.700. The van der Waals surface area contributed by atoms with E-state index in [9.17, 15) is 9.90 Å². The van der Waals surface area contributed by atoms with Crippen molar-refractivity contribution in [1.29, 1.82) is 5.26 Å². The highest BCUT2D eigenvalue weighted by molar-refractivity contribution is 5.93. The van der Waals surface area contributed by atoms with E-state index < -0.39 is 5.60 Å². The molecule has 0 aromatic rings. The first-order valence-corrected chi connectivity index (χ1v) is 9.03. The largest absolute Gasteiger partial charge is 1.00 e. The van der Waals surface area contributed by atoms with Crippen LogP contribution in [0.5, 0.6) is 0 Å². The van der Waals surface area contributed by atoms with Crippen molar-refractivity contribution < 1.29 is 11.3 Å². The molecule has 122 valence electrons. The second-order valence-electron chi connectivity index (χ2n) is 8.21. The third-order valence-corrected chi connectivity index (χ3v) is 7.43. The summed E-state index contributed by atoms with van der Waals surface area (Å²) in [5, 5.41) is 20.3. The quantitative estimate of drug-likeness (QED) is 0.797. The molecule has 0 aromatic carbocycles. The third kappa shape index (κ3) is 2.01. The van der Waals surface area contributed by atoms with Gasteiger partial charge in [0.05, 0.1) is 18.1 Å². The Balaban J connectivity index is 0.00000169.